The monoisotopic (exact) mass is 571 g/mol. The fourth-order valence-electron chi connectivity index (χ4n) is 4.53. The van der Waals surface area contributed by atoms with Gasteiger partial charge in [0.1, 0.15) is 18.5 Å². The molecule has 1 aliphatic rings. The maximum atomic E-state index is 13.1. The maximum absolute atomic E-state index is 13.1. The van der Waals surface area contributed by atoms with Crippen molar-refractivity contribution in [2.24, 2.45) is 0 Å². The van der Waals surface area contributed by atoms with Crippen molar-refractivity contribution in [1.29, 1.82) is 0 Å². The van der Waals surface area contributed by atoms with Crippen LogP contribution in [0.25, 0.3) is 5.82 Å². The minimum absolute atomic E-state index is 0.212. The van der Waals surface area contributed by atoms with Gasteiger partial charge in [0.05, 0.1) is 18.8 Å². The molecule has 2 aromatic heterocycles. The van der Waals surface area contributed by atoms with Crippen LogP contribution in [-0.4, -0.2) is 82.0 Å². The SMILES string of the molecule is COC(C)(C)c1cccc(C(=O)Nc2ccc(C)c(Nc3ncnn3-c3cc(NCCN4CCOCC4)ncn3)c2)c1. The van der Waals surface area contributed by atoms with Gasteiger partial charge in [0.25, 0.3) is 5.91 Å². The summed E-state index contributed by atoms with van der Waals surface area (Å²) >= 11 is 0. The lowest BCUT2D eigenvalue weighted by Gasteiger charge is -2.26. The van der Waals surface area contributed by atoms with Crippen molar-refractivity contribution in [3.8, 4) is 5.82 Å². The zero-order valence-corrected chi connectivity index (χ0v) is 24.4. The number of methoxy groups -OCH3 is 1. The van der Waals surface area contributed by atoms with Crippen LogP contribution >= 0.6 is 0 Å². The number of nitrogens with one attached hydrogen (secondary N) is 3. The van der Waals surface area contributed by atoms with E-state index in [1.807, 2.05) is 63.2 Å². The van der Waals surface area contributed by atoms with E-state index in [0.717, 1.165) is 56.2 Å². The molecule has 220 valence electrons. The number of aromatic nitrogens is 5. The first-order valence-electron chi connectivity index (χ1n) is 13.9. The molecule has 3 heterocycles. The summed E-state index contributed by atoms with van der Waals surface area (Å²) < 4.78 is 12.6. The molecule has 0 bridgehead atoms. The van der Waals surface area contributed by atoms with E-state index in [1.54, 1.807) is 17.9 Å². The summed E-state index contributed by atoms with van der Waals surface area (Å²) in [5.41, 5.74) is 3.35. The molecular formula is C30H37N9O3. The van der Waals surface area contributed by atoms with Crippen molar-refractivity contribution in [2.45, 2.75) is 26.4 Å². The van der Waals surface area contributed by atoms with E-state index in [4.69, 9.17) is 9.47 Å². The lowest BCUT2D eigenvalue weighted by atomic mass is 9.96. The van der Waals surface area contributed by atoms with Crippen LogP contribution in [0.15, 0.2) is 61.2 Å². The maximum Gasteiger partial charge on any atom is 0.255 e. The van der Waals surface area contributed by atoms with Gasteiger partial charge in [-0.3, -0.25) is 9.69 Å². The third-order valence-electron chi connectivity index (χ3n) is 7.33. The number of anilines is 4. The van der Waals surface area contributed by atoms with Crippen LogP contribution in [-0.2, 0) is 15.1 Å². The van der Waals surface area contributed by atoms with Crippen molar-refractivity contribution in [3.05, 3.63) is 77.9 Å². The molecule has 0 atom stereocenters. The predicted molar refractivity (Wildman–Crippen MR) is 162 cm³/mol. The molecule has 1 amide bonds. The standard InChI is InChI=1S/C30H37N9O3/c1-21-8-9-24(36-28(40)22-6-5-7-23(16-22)30(2,3)41-4)17-25(21)37-29-34-20-35-39(29)27-18-26(32-19-33-27)31-10-11-38-12-14-42-15-13-38/h5-9,16-20H,10-15H2,1-4H3,(H,36,40)(H,31,32,33)(H,34,35,37). The summed E-state index contributed by atoms with van der Waals surface area (Å²) in [6.45, 7) is 11.0. The Bertz CT molecular complexity index is 1520. The number of nitrogens with zero attached hydrogens (tertiary/aromatic N) is 6. The van der Waals surface area contributed by atoms with Crippen LogP contribution < -0.4 is 16.0 Å². The first-order valence-corrected chi connectivity index (χ1v) is 13.9. The van der Waals surface area contributed by atoms with E-state index < -0.39 is 5.60 Å². The van der Waals surface area contributed by atoms with E-state index in [9.17, 15) is 4.79 Å². The lowest BCUT2D eigenvalue weighted by Crippen LogP contribution is -2.39. The summed E-state index contributed by atoms with van der Waals surface area (Å²) in [5.74, 6) is 1.54. The molecule has 12 nitrogen and oxygen atoms in total. The largest absolute Gasteiger partial charge is 0.379 e. The molecule has 5 rings (SSSR count). The van der Waals surface area contributed by atoms with E-state index in [2.05, 4.69) is 40.9 Å². The van der Waals surface area contributed by atoms with Crippen LogP contribution in [0.1, 0.15) is 35.3 Å². The normalized spacial score (nSPS) is 14.0. The zero-order chi connectivity index (χ0) is 29.5. The Balaban J connectivity index is 1.27. The Hall–Kier alpha value is -4.39. The van der Waals surface area contributed by atoms with E-state index in [-0.39, 0.29) is 5.91 Å². The number of benzene rings is 2. The molecule has 1 saturated heterocycles. The molecule has 2 aromatic carbocycles. The third-order valence-corrected chi connectivity index (χ3v) is 7.33. The van der Waals surface area contributed by atoms with Gasteiger partial charge in [0.15, 0.2) is 5.82 Å². The van der Waals surface area contributed by atoms with Gasteiger partial charge in [0.2, 0.25) is 5.95 Å². The third kappa shape index (κ3) is 7.08. The van der Waals surface area contributed by atoms with Gasteiger partial charge in [-0.15, -0.1) is 0 Å². The number of carbonyl (C=O) groups excluding carboxylic acids is 1. The fraction of sp³-hybridized carbons (Fsp3) is 0.367. The molecule has 0 spiro atoms. The van der Waals surface area contributed by atoms with Crippen LogP contribution in [0.3, 0.4) is 0 Å². The molecule has 1 fully saturated rings. The van der Waals surface area contributed by atoms with Gasteiger partial charge in [-0.25, -0.2) is 9.97 Å². The number of ether oxygens (including phenoxy) is 2. The van der Waals surface area contributed by atoms with Crippen LogP contribution in [0.4, 0.5) is 23.1 Å². The lowest BCUT2D eigenvalue weighted by molar-refractivity contribution is 0.0192. The summed E-state index contributed by atoms with van der Waals surface area (Å²) in [5, 5.41) is 14.1. The number of amides is 1. The summed E-state index contributed by atoms with van der Waals surface area (Å²) in [6, 6.07) is 15.0. The first kappa shape index (κ1) is 29.1. The second-order valence-electron chi connectivity index (χ2n) is 10.5. The number of hydrogen-bond donors (Lipinski definition) is 3. The highest BCUT2D eigenvalue weighted by molar-refractivity contribution is 6.04. The van der Waals surface area contributed by atoms with Crippen molar-refractivity contribution >= 4 is 29.0 Å². The summed E-state index contributed by atoms with van der Waals surface area (Å²) in [6.07, 6.45) is 2.97. The topological polar surface area (TPSA) is 131 Å². The second kappa shape index (κ2) is 13.1. The summed E-state index contributed by atoms with van der Waals surface area (Å²) in [4.78, 5) is 28.6. The number of rotatable bonds is 11. The Labute approximate surface area is 245 Å². The highest BCUT2D eigenvalue weighted by Gasteiger charge is 2.21. The molecule has 0 aliphatic carbocycles. The average Bonchev–Trinajstić information content (AvgIpc) is 3.48. The van der Waals surface area contributed by atoms with E-state index in [0.29, 0.717) is 28.8 Å². The van der Waals surface area contributed by atoms with Gasteiger partial charge in [-0.1, -0.05) is 18.2 Å². The van der Waals surface area contributed by atoms with Gasteiger partial charge >= 0.3 is 0 Å². The molecular weight excluding hydrogens is 534 g/mol. The quantitative estimate of drug-likeness (QED) is 0.243. The highest BCUT2D eigenvalue weighted by atomic mass is 16.5. The molecule has 0 radical (unpaired) electrons. The van der Waals surface area contributed by atoms with Crippen molar-refractivity contribution in [3.63, 3.8) is 0 Å². The van der Waals surface area contributed by atoms with E-state index in [1.165, 1.54) is 12.7 Å². The smallest absolute Gasteiger partial charge is 0.255 e. The van der Waals surface area contributed by atoms with Crippen molar-refractivity contribution < 1.29 is 14.3 Å². The van der Waals surface area contributed by atoms with Crippen LogP contribution in [0, 0.1) is 6.92 Å². The van der Waals surface area contributed by atoms with Crippen molar-refractivity contribution in [2.75, 3.05) is 62.5 Å². The Kier molecular flexibility index (Phi) is 9.06. The molecule has 4 aromatic rings. The van der Waals surface area contributed by atoms with Crippen LogP contribution in [0.5, 0.6) is 0 Å². The molecule has 1 aliphatic heterocycles. The highest BCUT2D eigenvalue weighted by Crippen LogP contribution is 2.27. The fourth-order valence-corrected chi connectivity index (χ4v) is 4.53. The number of carbonyl (C=O) groups is 1. The Morgan fingerprint density at radius 2 is 1.88 bits per heavy atom. The molecule has 12 heteroatoms. The predicted octanol–water partition coefficient (Wildman–Crippen LogP) is 3.99. The molecule has 42 heavy (non-hydrogen) atoms. The van der Waals surface area contributed by atoms with Gasteiger partial charge in [-0.05, 0) is 56.2 Å². The summed E-state index contributed by atoms with van der Waals surface area (Å²) in [7, 11) is 1.66. The Morgan fingerprint density at radius 3 is 2.69 bits per heavy atom. The molecule has 0 saturated carbocycles. The zero-order valence-electron chi connectivity index (χ0n) is 24.4. The van der Waals surface area contributed by atoms with Gasteiger partial charge in [0, 0.05) is 56.3 Å². The van der Waals surface area contributed by atoms with Gasteiger partial charge < -0.3 is 25.4 Å². The van der Waals surface area contributed by atoms with Gasteiger partial charge in [-0.2, -0.15) is 14.8 Å². The minimum Gasteiger partial charge on any atom is -0.379 e. The average molecular weight is 572 g/mol. The number of aryl methyl sites for hydroxylation is 1. The molecule has 0 unspecified atom stereocenters. The minimum atomic E-state index is -0.503. The number of hydrogen-bond acceptors (Lipinski definition) is 10. The van der Waals surface area contributed by atoms with Crippen LogP contribution in [0.2, 0.25) is 0 Å². The van der Waals surface area contributed by atoms with Crippen molar-refractivity contribution in [1.82, 2.24) is 29.6 Å². The Morgan fingerprint density at radius 1 is 1.05 bits per heavy atom. The molecule has 3 N–H and O–H groups in total. The number of morpholine rings is 1. The second-order valence-corrected chi connectivity index (χ2v) is 10.5. The first-order chi connectivity index (χ1) is 20.3. The van der Waals surface area contributed by atoms with E-state index >= 15 is 0 Å².